The van der Waals surface area contributed by atoms with Crippen LogP contribution in [0.1, 0.15) is 83.9 Å². The summed E-state index contributed by atoms with van der Waals surface area (Å²) in [5, 5.41) is 81.5. The number of aromatic carboxylic acids is 8. The van der Waals surface area contributed by atoms with Crippen LogP contribution < -0.4 is 40.9 Å². The van der Waals surface area contributed by atoms with Crippen LogP contribution in [-0.4, -0.2) is 111 Å². The van der Waals surface area contributed by atoms with E-state index < -0.39 is 93.3 Å². The van der Waals surface area contributed by atoms with Gasteiger partial charge in [-0.3, -0.25) is 0 Å². The molecule has 0 saturated heterocycles. The molecule has 4 aromatic rings. The third-order valence-electron chi connectivity index (χ3n) is 4.67. The molecule has 424 valence electrons. The van der Waals surface area contributed by atoms with Crippen LogP contribution in [-0.2, 0) is 121 Å². The second kappa shape index (κ2) is 71.6. The molecule has 0 aliphatic carbocycles. The molecule has 38 nitrogen and oxygen atoms in total. The first-order valence-electron chi connectivity index (χ1n) is 12.0. The summed E-state index contributed by atoms with van der Waals surface area (Å²) in [6.07, 6.45) is 0. The van der Waals surface area contributed by atoms with Crippen LogP contribution in [0.5, 0.6) is 0 Å². The van der Waals surface area contributed by atoms with Crippen molar-refractivity contribution < 1.29 is 244 Å². The van der Waals surface area contributed by atoms with Gasteiger partial charge in [-0.15, -0.1) is 0 Å². The van der Waals surface area contributed by atoms with Gasteiger partial charge in [-0.2, -0.15) is 0 Å². The van der Waals surface area contributed by atoms with E-state index in [2.05, 4.69) is 19.9 Å². The molecule has 0 spiro atoms. The van der Waals surface area contributed by atoms with Crippen molar-refractivity contribution in [2.75, 3.05) is 0 Å². The summed E-state index contributed by atoms with van der Waals surface area (Å²) >= 11 is 0. The Morgan fingerprint density at radius 2 is 0.300 bits per heavy atom. The monoisotopic (exact) mass is 1230 g/mol. The second-order valence-corrected chi connectivity index (χ2v) is 7.93. The van der Waals surface area contributed by atoms with Crippen molar-refractivity contribution in [3.8, 4) is 0 Å². The fourth-order valence-electron chi connectivity index (χ4n) is 2.65. The van der Waals surface area contributed by atoms with Crippen LogP contribution in [0.25, 0.3) is 0 Å². The second-order valence-electron chi connectivity index (χ2n) is 7.93. The Kier molecular flexibility index (Phi) is 147. The standard InChI is InChI=1S/4C7H5NO4.4Ni.18H2O/c4*9-6(10)4-2-1-3-5(8-4)7(11)12;;;;;;;;;;;;;;;;;;;;;;/h4*1-3H,(H,9,10)(H,11,12);;;;;18*1H2/q;;;;4*+2;;;;;;;;;;;;;;;;;;/p+2. The van der Waals surface area contributed by atoms with Crippen molar-refractivity contribution in [1.82, 2.24) is 19.9 Å². The minimum Gasteiger partial charge on any atom is -0.543 e. The maximum absolute atomic E-state index is 10.2. The normalized spacial score (nSPS) is 6.40. The number of carboxylic acids is 8. The quantitative estimate of drug-likeness (QED) is 0.117. The van der Waals surface area contributed by atoms with Gasteiger partial charge in [-0.25, -0.2) is 19.9 Å². The zero-order chi connectivity index (χ0) is 36.6. The van der Waals surface area contributed by atoms with Crippen LogP contribution in [0.2, 0.25) is 0 Å². The number of aromatic nitrogens is 4. The molecule has 70 heavy (non-hydrogen) atoms. The van der Waals surface area contributed by atoms with Gasteiger partial charge in [-0.05, 0) is 48.5 Å². The zero-order valence-corrected chi connectivity index (χ0v) is 38.2. The summed E-state index contributed by atoms with van der Waals surface area (Å²) < 4.78 is 0. The van der Waals surface area contributed by atoms with Crippen molar-refractivity contribution >= 4 is 47.8 Å². The fraction of sp³-hybridized carbons (Fsp3) is 0. The molecule has 0 atom stereocenters. The van der Waals surface area contributed by atoms with Crippen molar-refractivity contribution in [2.45, 2.75) is 0 Å². The van der Waals surface area contributed by atoms with E-state index in [-0.39, 0.29) is 165 Å². The van der Waals surface area contributed by atoms with E-state index in [4.69, 9.17) is 0 Å². The molecule has 0 fully saturated rings. The SMILES string of the molecule is O.O.O.O.O.O.O.O.O=C([O-])c1cccc(C(=O)[O-])n1.O=C([O-])c1cccc(C(=O)[O-])n1.O=C([O-])c1cccc(C(=O)[O-])n1.O=C([O-])c1cccc(C(=O)[O-])n1.[Ni+2].[Ni+2].[Ni+2].[Ni+2].[OH3+].[OH3+].[OH3+].[OH3+].[OH3+].[OH3+].[OH3+].[OH3+].[OH3+].[OH3+]. The summed E-state index contributed by atoms with van der Waals surface area (Å²) in [5.74, 6) is -12.1. The predicted molar refractivity (Wildman–Crippen MR) is 209 cm³/mol. The minimum atomic E-state index is -1.52. The summed E-state index contributed by atoms with van der Waals surface area (Å²) in [4.78, 5) is 94.5. The molecular formula is C28H58N4Ni4O34+10. The van der Waals surface area contributed by atoms with Gasteiger partial charge in [0.05, 0.1) is 93.3 Å². The van der Waals surface area contributed by atoms with Crippen LogP contribution in [0, 0.1) is 0 Å². The summed E-state index contributed by atoms with van der Waals surface area (Å²) in [7, 11) is 0. The number of carbonyl (C=O) groups is 8. The van der Waals surface area contributed by atoms with Crippen molar-refractivity contribution in [2.24, 2.45) is 0 Å². The third-order valence-corrected chi connectivity index (χ3v) is 4.67. The molecule has 0 amide bonds. The van der Waals surface area contributed by atoms with Crippen molar-refractivity contribution in [1.29, 1.82) is 0 Å². The van der Waals surface area contributed by atoms with E-state index in [9.17, 15) is 79.2 Å². The van der Waals surface area contributed by atoms with Gasteiger partial charge in [0.25, 0.3) is 0 Å². The Morgan fingerprint density at radius 1 is 0.229 bits per heavy atom. The molecule has 0 bridgehead atoms. The van der Waals surface area contributed by atoms with Gasteiger partial charge >= 0.3 is 66.0 Å². The van der Waals surface area contributed by atoms with E-state index in [0.29, 0.717) is 0 Å². The first-order valence-corrected chi connectivity index (χ1v) is 12.0. The Bertz CT molecular complexity index is 1530. The van der Waals surface area contributed by atoms with Gasteiger partial charge in [-0.1, -0.05) is 24.3 Å². The van der Waals surface area contributed by atoms with Crippen LogP contribution >= 0.6 is 0 Å². The molecule has 0 saturated carbocycles. The largest absolute Gasteiger partial charge is 2.00 e. The zero-order valence-electron chi connectivity index (χ0n) is 34.3. The Hall–Kier alpha value is -6.39. The molecule has 4 aromatic heterocycles. The van der Waals surface area contributed by atoms with E-state index in [1.54, 1.807) is 0 Å². The van der Waals surface area contributed by atoms with Crippen LogP contribution in [0.3, 0.4) is 0 Å². The summed E-state index contributed by atoms with van der Waals surface area (Å²) in [6, 6.07) is 14.1. The Balaban J connectivity index is -0.0000000199. The molecule has 46 N–H and O–H groups in total. The number of pyridine rings is 4. The van der Waals surface area contributed by atoms with Crippen LogP contribution in [0.15, 0.2) is 72.8 Å². The molecule has 4 rings (SSSR count). The smallest absolute Gasteiger partial charge is 0.543 e. The van der Waals surface area contributed by atoms with E-state index >= 15 is 0 Å². The summed E-state index contributed by atoms with van der Waals surface area (Å²) in [6.45, 7) is 0. The fourth-order valence-corrected chi connectivity index (χ4v) is 2.65. The summed E-state index contributed by atoms with van der Waals surface area (Å²) in [5.41, 5.74) is -3.36. The van der Waals surface area contributed by atoms with E-state index in [1.165, 1.54) is 24.3 Å². The molecule has 0 unspecified atom stereocenters. The minimum absolute atomic E-state index is 0. The number of hydrogen-bond acceptors (Lipinski definition) is 20. The third kappa shape index (κ3) is 52.6. The van der Waals surface area contributed by atoms with E-state index in [0.717, 1.165) is 48.5 Å². The van der Waals surface area contributed by atoms with E-state index in [1.807, 2.05) is 0 Å². The van der Waals surface area contributed by atoms with Gasteiger partial charge < -0.3 is 178 Å². The predicted octanol–water partition coefficient (Wildman–Crippen LogP) is -24.6. The molecule has 0 radical (unpaired) electrons. The molecular weight excluding hydrogens is 1170 g/mol. The van der Waals surface area contributed by atoms with Crippen molar-refractivity contribution in [3.63, 3.8) is 0 Å². The molecule has 42 heteroatoms. The van der Waals surface area contributed by atoms with Gasteiger partial charge in [0.2, 0.25) is 0 Å². The number of rotatable bonds is 8. The van der Waals surface area contributed by atoms with Crippen molar-refractivity contribution in [3.05, 3.63) is 118 Å². The topological polar surface area (TPSA) is 955 Å². The van der Waals surface area contributed by atoms with Gasteiger partial charge in [0, 0.05) is 0 Å². The van der Waals surface area contributed by atoms with Gasteiger partial charge in [0.1, 0.15) is 0 Å². The number of hydrogen-bond donors (Lipinski definition) is 0. The average molecular weight is 1230 g/mol. The number of nitrogens with zero attached hydrogens (tertiary/aromatic N) is 4. The maximum Gasteiger partial charge on any atom is 2.00 e. The average Bonchev–Trinajstić information content (AvgIpc) is 3.05. The Labute approximate surface area is 428 Å². The van der Waals surface area contributed by atoms with Crippen LogP contribution in [0.4, 0.5) is 0 Å². The Morgan fingerprint density at radius 3 is 0.357 bits per heavy atom. The first-order chi connectivity index (χ1) is 22.4. The van der Waals surface area contributed by atoms with Gasteiger partial charge in [0.15, 0.2) is 0 Å². The number of carbonyl (C=O) groups excluding carboxylic acids is 8. The molecule has 0 aliphatic heterocycles. The molecule has 0 aliphatic rings. The number of carboxylic acid groups (broad SMARTS) is 8. The molecule has 4 heterocycles. The first kappa shape index (κ1) is 144. The maximum atomic E-state index is 10.2. The molecule has 0 aromatic carbocycles.